The summed E-state index contributed by atoms with van der Waals surface area (Å²) in [7, 11) is -5.89. The maximum atomic E-state index is 12.8. The number of rotatable bonds is 5. The number of ether oxygens (including phenoxy) is 2. The van der Waals surface area contributed by atoms with E-state index in [4.69, 9.17) is 9.47 Å². The first-order chi connectivity index (χ1) is 14.6. The van der Waals surface area contributed by atoms with E-state index in [1.807, 2.05) is 0 Å². The van der Waals surface area contributed by atoms with Gasteiger partial charge >= 0.3 is 15.6 Å². The number of benzene rings is 1. The van der Waals surface area contributed by atoms with Crippen molar-refractivity contribution in [1.29, 1.82) is 0 Å². The molecule has 3 heterocycles. The van der Waals surface area contributed by atoms with Crippen LogP contribution in [0.15, 0.2) is 42.5 Å². The van der Waals surface area contributed by atoms with E-state index in [0.717, 1.165) is 6.07 Å². The molecule has 12 heteroatoms. The van der Waals surface area contributed by atoms with Crippen LogP contribution in [-0.2, 0) is 30.8 Å². The average molecular weight is 458 g/mol. The molecule has 0 saturated carbocycles. The summed E-state index contributed by atoms with van der Waals surface area (Å²) in [5, 5.41) is 0. The number of halogens is 3. The molecule has 0 unspecified atom stereocenters. The summed E-state index contributed by atoms with van der Waals surface area (Å²) in [6.07, 6.45) is 0.250. The third kappa shape index (κ3) is 4.10. The summed E-state index contributed by atoms with van der Waals surface area (Å²) < 4.78 is 76.7. The van der Waals surface area contributed by atoms with Crippen LogP contribution in [0.25, 0.3) is 0 Å². The Morgan fingerprint density at radius 3 is 2.42 bits per heavy atom. The molecule has 2 fully saturated rings. The smallest absolute Gasteiger partial charge is 0.374 e. The van der Waals surface area contributed by atoms with Gasteiger partial charge in [0, 0.05) is 19.4 Å². The third-order valence-corrected chi connectivity index (χ3v) is 5.85. The molecule has 1 aromatic carbocycles. The van der Waals surface area contributed by atoms with Crippen molar-refractivity contribution >= 4 is 21.8 Å². The molecule has 1 aromatic heterocycles. The van der Waals surface area contributed by atoms with Crippen molar-refractivity contribution in [3.8, 4) is 5.75 Å². The molecule has 2 saturated heterocycles. The molecule has 1 amide bonds. The lowest BCUT2D eigenvalue weighted by Crippen LogP contribution is -2.41. The molecule has 8 nitrogen and oxygen atoms in total. The Balaban J connectivity index is 1.69. The number of pyridine rings is 1. The quantitative estimate of drug-likeness (QED) is 0.502. The minimum absolute atomic E-state index is 0.0163. The minimum Gasteiger partial charge on any atom is -0.374 e. The van der Waals surface area contributed by atoms with Crippen molar-refractivity contribution in [1.82, 2.24) is 4.98 Å². The van der Waals surface area contributed by atoms with E-state index in [9.17, 15) is 26.4 Å². The molecule has 31 heavy (non-hydrogen) atoms. The molecule has 0 atom stereocenters. The summed E-state index contributed by atoms with van der Waals surface area (Å²) in [5.41, 5.74) is -5.00. The molecular formula is C19H17F3N2O6S. The number of nitrogens with zero attached hydrogens (tertiary/aromatic N) is 2. The van der Waals surface area contributed by atoms with Crippen LogP contribution in [0.2, 0.25) is 0 Å². The van der Waals surface area contributed by atoms with Gasteiger partial charge in [0.05, 0.1) is 18.9 Å². The number of aromatic nitrogens is 1. The second-order valence-corrected chi connectivity index (χ2v) is 8.45. The average Bonchev–Trinajstić information content (AvgIpc) is 3.31. The second-order valence-electron chi connectivity index (χ2n) is 6.92. The molecule has 166 valence electrons. The van der Waals surface area contributed by atoms with E-state index >= 15 is 0 Å². The SMILES string of the molecule is O=C1N(c2ccc(OS(=O)(=O)C(F)(F)F)c(Cc3ccccc3)n2)CCC12OCCO2. The van der Waals surface area contributed by atoms with E-state index in [2.05, 4.69) is 9.17 Å². The van der Waals surface area contributed by atoms with E-state index in [0.29, 0.717) is 5.56 Å². The largest absolute Gasteiger partial charge is 0.534 e. The van der Waals surface area contributed by atoms with Gasteiger partial charge in [-0.2, -0.15) is 21.6 Å². The molecule has 2 aliphatic rings. The van der Waals surface area contributed by atoms with Crippen LogP contribution in [0.4, 0.5) is 19.0 Å². The highest BCUT2D eigenvalue weighted by atomic mass is 32.2. The Morgan fingerprint density at radius 1 is 1.10 bits per heavy atom. The zero-order chi connectivity index (χ0) is 22.3. The van der Waals surface area contributed by atoms with Gasteiger partial charge in [0.1, 0.15) is 5.82 Å². The first-order valence-corrected chi connectivity index (χ1v) is 10.7. The van der Waals surface area contributed by atoms with Crippen molar-refractivity contribution in [3.05, 3.63) is 53.7 Å². The van der Waals surface area contributed by atoms with Gasteiger partial charge in [-0.25, -0.2) is 4.98 Å². The lowest BCUT2D eigenvalue weighted by Gasteiger charge is -2.21. The molecule has 0 N–H and O–H groups in total. The van der Waals surface area contributed by atoms with E-state index in [-0.39, 0.29) is 44.1 Å². The van der Waals surface area contributed by atoms with Gasteiger partial charge in [0.25, 0.3) is 11.7 Å². The number of hydrogen-bond acceptors (Lipinski definition) is 7. The van der Waals surface area contributed by atoms with E-state index in [1.54, 1.807) is 30.3 Å². The summed E-state index contributed by atoms with van der Waals surface area (Å²) in [5.74, 6) is -2.29. The highest BCUT2D eigenvalue weighted by Gasteiger charge is 2.53. The van der Waals surface area contributed by atoms with Crippen molar-refractivity contribution in [2.45, 2.75) is 24.1 Å². The lowest BCUT2D eigenvalue weighted by molar-refractivity contribution is -0.173. The van der Waals surface area contributed by atoms with Crippen molar-refractivity contribution in [2.24, 2.45) is 0 Å². The molecule has 2 aromatic rings. The fraction of sp³-hybridized carbons (Fsp3) is 0.368. The first kappa shape index (κ1) is 21.5. The van der Waals surface area contributed by atoms with Crippen LogP contribution in [0.1, 0.15) is 17.7 Å². The van der Waals surface area contributed by atoms with Gasteiger partial charge in [-0.1, -0.05) is 30.3 Å². The fourth-order valence-electron chi connectivity index (χ4n) is 3.40. The Morgan fingerprint density at radius 2 is 1.77 bits per heavy atom. The van der Waals surface area contributed by atoms with Crippen LogP contribution in [0.3, 0.4) is 0 Å². The van der Waals surface area contributed by atoms with Crippen LogP contribution in [-0.4, -0.2) is 50.4 Å². The summed E-state index contributed by atoms with van der Waals surface area (Å²) in [6.45, 7) is 0.764. The zero-order valence-corrected chi connectivity index (χ0v) is 16.8. The van der Waals surface area contributed by atoms with Crippen molar-refractivity contribution < 1.29 is 40.0 Å². The molecule has 4 rings (SSSR count). The summed E-state index contributed by atoms with van der Waals surface area (Å²) >= 11 is 0. The predicted molar refractivity (Wildman–Crippen MR) is 101 cm³/mol. The maximum Gasteiger partial charge on any atom is 0.534 e. The second kappa shape index (κ2) is 7.77. The lowest BCUT2D eigenvalue weighted by atomic mass is 10.1. The fourth-order valence-corrected chi connectivity index (χ4v) is 3.88. The highest BCUT2D eigenvalue weighted by molar-refractivity contribution is 7.88. The number of carbonyl (C=O) groups excluding carboxylic acids is 1. The van der Waals surface area contributed by atoms with Gasteiger partial charge in [-0.05, 0) is 17.7 Å². The van der Waals surface area contributed by atoms with Gasteiger partial charge in [0.15, 0.2) is 5.75 Å². The predicted octanol–water partition coefficient (Wildman–Crippen LogP) is 2.38. The molecular weight excluding hydrogens is 441 g/mol. The maximum absolute atomic E-state index is 12.8. The minimum atomic E-state index is -5.89. The molecule has 0 bridgehead atoms. The van der Waals surface area contributed by atoms with E-state index in [1.165, 1.54) is 11.0 Å². The van der Waals surface area contributed by atoms with Gasteiger partial charge in [0.2, 0.25) is 0 Å². The molecule has 0 aliphatic carbocycles. The Kier molecular flexibility index (Phi) is 5.40. The number of carbonyl (C=O) groups is 1. The summed E-state index contributed by atoms with van der Waals surface area (Å²) in [4.78, 5) is 18.4. The van der Waals surface area contributed by atoms with Gasteiger partial charge in [-0.15, -0.1) is 0 Å². The van der Waals surface area contributed by atoms with Crippen LogP contribution < -0.4 is 9.08 Å². The van der Waals surface area contributed by atoms with Gasteiger partial charge in [-0.3, -0.25) is 9.69 Å². The van der Waals surface area contributed by atoms with Crippen LogP contribution >= 0.6 is 0 Å². The van der Waals surface area contributed by atoms with Gasteiger partial charge < -0.3 is 13.7 Å². The molecule has 0 radical (unpaired) electrons. The van der Waals surface area contributed by atoms with Crippen molar-refractivity contribution in [3.63, 3.8) is 0 Å². The van der Waals surface area contributed by atoms with Crippen molar-refractivity contribution in [2.75, 3.05) is 24.7 Å². The third-order valence-electron chi connectivity index (χ3n) is 4.88. The van der Waals surface area contributed by atoms with Crippen LogP contribution in [0.5, 0.6) is 5.75 Å². The molecule has 1 spiro atoms. The summed E-state index contributed by atoms with van der Waals surface area (Å²) in [6, 6.07) is 10.9. The number of anilines is 1. The Hall–Kier alpha value is -2.70. The monoisotopic (exact) mass is 458 g/mol. The van der Waals surface area contributed by atoms with E-state index < -0.39 is 33.1 Å². The number of alkyl halides is 3. The Labute approximate surface area is 175 Å². The molecule has 2 aliphatic heterocycles. The Bertz CT molecular complexity index is 1090. The normalized spacial score (nSPS) is 18.7. The standard InChI is InChI=1S/C19H17F3N2O6S/c20-19(21,22)31(26,27)30-15-6-7-16(23-14(15)12-13-4-2-1-3-5-13)24-9-8-18(17(24)25)28-10-11-29-18/h1-7H,8-12H2. The number of hydrogen-bond donors (Lipinski definition) is 0. The highest BCUT2D eigenvalue weighted by Crippen LogP contribution is 2.36. The first-order valence-electron chi connectivity index (χ1n) is 9.26. The zero-order valence-electron chi connectivity index (χ0n) is 16.0. The number of amides is 1. The van der Waals surface area contributed by atoms with Crippen LogP contribution in [0, 0.1) is 0 Å². The topological polar surface area (TPSA) is 95.0 Å².